The van der Waals surface area contributed by atoms with Gasteiger partial charge in [0.25, 0.3) is 5.91 Å². The van der Waals surface area contributed by atoms with Crippen LogP contribution in [0.15, 0.2) is 63.7 Å². The Kier molecular flexibility index (Phi) is 4.76. The van der Waals surface area contributed by atoms with Gasteiger partial charge in [0.15, 0.2) is 5.58 Å². The van der Waals surface area contributed by atoms with E-state index in [1.54, 1.807) is 42.7 Å². The molecule has 2 aromatic carbocycles. The molecule has 0 atom stereocenters. The molecule has 136 valence electrons. The van der Waals surface area contributed by atoms with E-state index < -0.39 is 0 Å². The summed E-state index contributed by atoms with van der Waals surface area (Å²) in [5, 5.41) is 10.2. The van der Waals surface area contributed by atoms with Crippen LogP contribution in [0.3, 0.4) is 0 Å². The maximum atomic E-state index is 12.4. The highest BCUT2D eigenvalue weighted by atomic mass is 32.1. The van der Waals surface area contributed by atoms with Gasteiger partial charge in [-0.1, -0.05) is 6.07 Å². The van der Waals surface area contributed by atoms with Gasteiger partial charge in [-0.05, 0) is 58.8 Å². The van der Waals surface area contributed by atoms with E-state index >= 15 is 0 Å². The lowest BCUT2D eigenvalue weighted by atomic mass is 10.2. The molecule has 0 saturated heterocycles. The molecule has 0 bridgehead atoms. The summed E-state index contributed by atoms with van der Waals surface area (Å²) in [6, 6.07) is 14.8. The Morgan fingerprint density at radius 2 is 2.15 bits per heavy atom. The monoisotopic (exact) mass is 379 g/mol. The summed E-state index contributed by atoms with van der Waals surface area (Å²) in [4.78, 5) is 16.7. The molecule has 7 heteroatoms. The number of amides is 1. The average molecular weight is 379 g/mol. The standard InChI is InChI=1S/C20H17N3O3S/c1-25-16-4-2-3-14(9-16)19(24)23-20-22-17-10-15(5-6-18(17)26-20)21-11-13-7-8-27-12-13/h2-10,12,21H,11H2,1H3,(H,22,23,24). The van der Waals surface area contributed by atoms with Crippen LogP contribution >= 0.6 is 11.3 Å². The molecule has 6 nitrogen and oxygen atoms in total. The van der Waals surface area contributed by atoms with Crippen LogP contribution in [0, 0.1) is 0 Å². The number of hydrogen-bond acceptors (Lipinski definition) is 6. The van der Waals surface area contributed by atoms with E-state index in [9.17, 15) is 4.79 Å². The zero-order valence-electron chi connectivity index (χ0n) is 14.6. The predicted molar refractivity (Wildman–Crippen MR) is 107 cm³/mol. The zero-order valence-corrected chi connectivity index (χ0v) is 15.4. The molecule has 0 aliphatic carbocycles. The average Bonchev–Trinajstić information content (AvgIpc) is 3.35. The molecule has 0 spiro atoms. The van der Waals surface area contributed by atoms with Gasteiger partial charge in [0, 0.05) is 17.8 Å². The van der Waals surface area contributed by atoms with Crippen molar-refractivity contribution in [1.82, 2.24) is 4.98 Å². The number of anilines is 2. The number of aromatic nitrogens is 1. The van der Waals surface area contributed by atoms with Crippen molar-refractivity contribution in [1.29, 1.82) is 0 Å². The number of oxazole rings is 1. The Morgan fingerprint density at radius 3 is 2.96 bits per heavy atom. The topological polar surface area (TPSA) is 76.4 Å². The summed E-state index contributed by atoms with van der Waals surface area (Å²) < 4.78 is 10.8. The van der Waals surface area contributed by atoms with Crippen molar-refractivity contribution in [3.8, 4) is 5.75 Å². The number of nitrogens with one attached hydrogen (secondary N) is 2. The van der Waals surface area contributed by atoms with Crippen molar-refractivity contribution in [2.24, 2.45) is 0 Å². The van der Waals surface area contributed by atoms with E-state index in [0.717, 1.165) is 12.2 Å². The van der Waals surface area contributed by atoms with Crippen LogP contribution in [0.4, 0.5) is 11.7 Å². The lowest BCUT2D eigenvalue weighted by Gasteiger charge is -2.03. The van der Waals surface area contributed by atoms with Crippen molar-refractivity contribution in [3.05, 3.63) is 70.4 Å². The predicted octanol–water partition coefficient (Wildman–Crippen LogP) is 4.76. The fourth-order valence-corrected chi connectivity index (χ4v) is 3.29. The molecular weight excluding hydrogens is 362 g/mol. The maximum absolute atomic E-state index is 12.4. The van der Waals surface area contributed by atoms with Crippen molar-refractivity contribution in [2.45, 2.75) is 6.54 Å². The minimum Gasteiger partial charge on any atom is -0.497 e. The molecule has 27 heavy (non-hydrogen) atoms. The largest absolute Gasteiger partial charge is 0.497 e. The number of nitrogens with zero attached hydrogens (tertiary/aromatic N) is 1. The molecule has 0 radical (unpaired) electrons. The summed E-state index contributed by atoms with van der Waals surface area (Å²) in [7, 11) is 1.56. The summed E-state index contributed by atoms with van der Waals surface area (Å²) in [5.41, 5.74) is 3.91. The first kappa shape index (κ1) is 17.1. The highest BCUT2D eigenvalue weighted by Crippen LogP contribution is 2.23. The van der Waals surface area contributed by atoms with Gasteiger partial charge < -0.3 is 14.5 Å². The molecule has 0 aliphatic rings. The van der Waals surface area contributed by atoms with Crippen molar-refractivity contribution < 1.29 is 13.9 Å². The quantitative estimate of drug-likeness (QED) is 0.505. The highest BCUT2D eigenvalue weighted by molar-refractivity contribution is 7.07. The number of carbonyl (C=O) groups is 1. The second-order valence-electron chi connectivity index (χ2n) is 5.87. The molecule has 4 rings (SSSR count). The van der Waals surface area contributed by atoms with Gasteiger partial charge >= 0.3 is 6.01 Å². The molecular formula is C20H17N3O3S. The SMILES string of the molecule is COc1cccc(C(=O)Nc2nc3cc(NCc4ccsc4)ccc3o2)c1. The Hall–Kier alpha value is -3.32. The van der Waals surface area contributed by atoms with Crippen LogP contribution in [0.25, 0.3) is 11.1 Å². The minimum absolute atomic E-state index is 0.160. The summed E-state index contributed by atoms with van der Waals surface area (Å²) in [6.45, 7) is 0.742. The summed E-state index contributed by atoms with van der Waals surface area (Å²) >= 11 is 1.67. The number of thiophene rings is 1. The number of carbonyl (C=O) groups excluding carboxylic acids is 1. The number of rotatable bonds is 6. The number of benzene rings is 2. The van der Waals surface area contributed by atoms with Crippen LogP contribution in [0.2, 0.25) is 0 Å². The molecule has 2 N–H and O–H groups in total. The van der Waals surface area contributed by atoms with Crippen LogP contribution < -0.4 is 15.4 Å². The normalized spacial score (nSPS) is 10.7. The third-order valence-corrected chi connectivity index (χ3v) is 4.75. The number of fused-ring (bicyclic) bond motifs is 1. The minimum atomic E-state index is -0.309. The second-order valence-corrected chi connectivity index (χ2v) is 6.65. The van der Waals surface area contributed by atoms with Gasteiger partial charge in [-0.25, -0.2) is 0 Å². The number of methoxy groups -OCH3 is 1. The molecule has 0 saturated carbocycles. The smallest absolute Gasteiger partial charge is 0.302 e. The van der Waals surface area contributed by atoms with Crippen molar-refractivity contribution >= 4 is 40.0 Å². The molecule has 0 fully saturated rings. The number of ether oxygens (including phenoxy) is 1. The van der Waals surface area contributed by atoms with Crippen molar-refractivity contribution in [2.75, 3.05) is 17.7 Å². The van der Waals surface area contributed by atoms with Gasteiger partial charge in [0.2, 0.25) is 0 Å². The summed E-state index contributed by atoms with van der Waals surface area (Å²) in [5.74, 6) is 0.304. The Bertz CT molecular complexity index is 1070. The first-order chi connectivity index (χ1) is 13.2. The van der Waals surface area contributed by atoms with E-state index in [1.807, 2.05) is 18.2 Å². The van der Waals surface area contributed by atoms with Crippen LogP contribution in [-0.4, -0.2) is 18.0 Å². The highest BCUT2D eigenvalue weighted by Gasteiger charge is 2.12. The van der Waals surface area contributed by atoms with Gasteiger partial charge in [-0.2, -0.15) is 16.3 Å². The van der Waals surface area contributed by atoms with Crippen LogP contribution in [-0.2, 0) is 6.54 Å². The Balaban J connectivity index is 1.48. The Labute approximate surface area is 159 Å². The fourth-order valence-electron chi connectivity index (χ4n) is 2.62. The molecule has 0 unspecified atom stereocenters. The molecule has 0 aliphatic heterocycles. The fraction of sp³-hybridized carbons (Fsp3) is 0.100. The lowest BCUT2D eigenvalue weighted by Crippen LogP contribution is -2.12. The van der Waals surface area contributed by atoms with E-state index in [2.05, 4.69) is 32.4 Å². The van der Waals surface area contributed by atoms with Gasteiger partial charge in [0.05, 0.1) is 7.11 Å². The molecule has 1 amide bonds. The van der Waals surface area contributed by atoms with E-state index in [-0.39, 0.29) is 11.9 Å². The second kappa shape index (κ2) is 7.51. The van der Waals surface area contributed by atoms with Crippen LogP contribution in [0.1, 0.15) is 15.9 Å². The molecule has 2 aromatic heterocycles. The van der Waals surface area contributed by atoms with E-state index in [0.29, 0.717) is 22.4 Å². The van der Waals surface area contributed by atoms with Crippen LogP contribution in [0.5, 0.6) is 5.75 Å². The Morgan fingerprint density at radius 1 is 1.22 bits per heavy atom. The summed E-state index contributed by atoms with van der Waals surface area (Å²) in [6.07, 6.45) is 0. The first-order valence-electron chi connectivity index (χ1n) is 8.32. The van der Waals surface area contributed by atoms with Crippen molar-refractivity contribution in [3.63, 3.8) is 0 Å². The molecule has 2 heterocycles. The zero-order chi connectivity index (χ0) is 18.6. The third-order valence-electron chi connectivity index (χ3n) is 4.02. The maximum Gasteiger partial charge on any atom is 0.302 e. The van der Waals surface area contributed by atoms with E-state index in [4.69, 9.17) is 9.15 Å². The van der Waals surface area contributed by atoms with Gasteiger partial charge in [-0.15, -0.1) is 0 Å². The van der Waals surface area contributed by atoms with Gasteiger partial charge in [0.1, 0.15) is 11.3 Å². The first-order valence-corrected chi connectivity index (χ1v) is 9.26. The number of hydrogen-bond donors (Lipinski definition) is 2. The van der Waals surface area contributed by atoms with Gasteiger partial charge in [-0.3, -0.25) is 10.1 Å². The third kappa shape index (κ3) is 3.93. The molecule has 4 aromatic rings. The lowest BCUT2D eigenvalue weighted by molar-refractivity contribution is 0.102. The van der Waals surface area contributed by atoms with E-state index in [1.165, 1.54) is 5.56 Å².